The number of ether oxygens (including phenoxy) is 1. The molecule has 0 aromatic carbocycles. The van der Waals surface area contributed by atoms with Crippen LogP contribution in [0.1, 0.15) is 60.9 Å². The Morgan fingerprint density at radius 1 is 1.21 bits per heavy atom. The molecular weight excluding hydrogens is 416 g/mol. The summed E-state index contributed by atoms with van der Waals surface area (Å²) in [5.74, 6) is 2.55. The molecule has 0 N–H and O–H groups in total. The number of amides is 1. The van der Waals surface area contributed by atoms with Crippen LogP contribution in [-0.2, 0) is 29.5 Å². The lowest BCUT2D eigenvalue weighted by molar-refractivity contribution is -0.129. The maximum Gasteiger partial charge on any atom is 0.219 e. The van der Waals surface area contributed by atoms with Gasteiger partial charge in [-0.05, 0) is 37.8 Å². The van der Waals surface area contributed by atoms with Crippen molar-refractivity contribution in [1.82, 2.24) is 24.2 Å². The highest BCUT2D eigenvalue weighted by Crippen LogP contribution is 2.41. The molecule has 0 radical (unpaired) electrons. The maximum absolute atomic E-state index is 12.2. The van der Waals surface area contributed by atoms with E-state index in [4.69, 9.17) is 14.8 Å². The van der Waals surface area contributed by atoms with Crippen LogP contribution in [0, 0.1) is 6.92 Å². The topological polar surface area (TPSA) is 68.4 Å². The van der Waals surface area contributed by atoms with Gasteiger partial charge in [0, 0.05) is 62.6 Å². The molecule has 0 saturated carbocycles. The summed E-state index contributed by atoms with van der Waals surface area (Å²) in [6, 6.07) is 0.313. The van der Waals surface area contributed by atoms with Crippen LogP contribution in [0.2, 0.25) is 0 Å². The zero-order valence-electron chi connectivity index (χ0n) is 19.8. The summed E-state index contributed by atoms with van der Waals surface area (Å²) < 4.78 is 9.78. The summed E-state index contributed by atoms with van der Waals surface area (Å²) in [5, 5.41) is 5.16. The minimum absolute atomic E-state index is 0.135. The Morgan fingerprint density at radius 3 is 2.76 bits per heavy atom. The molecule has 0 bridgehead atoms. The van der Waals surface area contributed by atoms with Crippen LogP contribution in [0.15, 0.2) is 29.6 Å². The van der Waals surface area contributed by atoms with Crippen LogP contribution in [0.3, 0.4) is 0 Å². The fourth-order valence-corrected chi connectivity index (χ4v) is 5.61. The first-order valence-corrected chi connectivity index (χ1v) is 12.1. The van der Waals surface area contributed by atoms with E-state index < -0.39 is 0 Å². The number of imidazole rings is 1. The Morgan fingerprint density at radius 2 is 2.06 bits per heavy atom. The highest BCUT2D eigenvalue weighted by Gasteiger charge is 2.35. The Kier molecular flexibility index (Phi) is 4.94. The Bertz CT molecular complexity index is 1150. The molecule has 5 heterocycles. The van der Waals surface area contributed by atoms with E-state index in [1.54, 1.807) is 6.92 Å². The van der Waals surface area contributed by atoms with Gasteiger partial charge in [-0.25, -0.2) is 4.98 Å². The normalized spacial score (nSPS) is 22.9. The van der Waals surface area contributed by atoms with Crippen molar-refractivity contribution in [3.05, 3.63) is 52.4 Å². The van der Waals surface area contributed by atoms with Gasteiger partial charge in [-0.2, -0.15) is 5.10 Å². The predicted octanol–water partition coefficient (Wildman–Crippen LogP) is 3.00. The minimum atomic E-state index is 0.135. The van der Waals surface area contributed by atoms with Gasteiger partial charge in [0.05, 0.1) is 31.5 Å². The van der Waals surface area contributed by atoms with Crippen molar-refractivity contribution in [2.45, 2.75) is 58.0 Å². The number of nitrogens with zero attached hydrogens (tertiary/aromatic N) is 6. The largest absolute Gasteiger partial charge is 0.377 e. The van der Waals surface area contributed by atoms with Gasteiger partial charge >= 0.3 is 0 Å². The molecule has 2 aromatic rings. The third-order valence-corrected chi connectivity index (χ3v) is 7.71. The van der Waals surface area contributed by atoms with Gasteiger partial charge < -0.3 is 19.1 Å². The van der Waals surface area contributed by atoms with Crippen LogP contribution < -0.4 is 4.90 Å². The molecule has 33 heavy (non-hydrogen) atoms. The average Bonchev–Trinajstić information content (AvgIpc) is 3.31. The smallest absolute Gasteiger partial charge is 0.219 e. The zero-order chi connectivity index (χ0) is 22.7. The van der Waals surface area contributed by atoms with E-state index in [9.17, 15) is 4.79 Å². The molecular formula is C25H32N6O2. The summed E-state index contributed by atoms with van der Waals surface area (Å²) in [7, 11) is 2.06. The highest BCUT2D eigenvalue weighted by molar-refractivity contribution is 5.74. The molecule has 1 aliphatic carbocycles. The van der Waals surface area contributed by atoms with Gasteiger partial charge in [-0.15, -0.1) is 0 Å². The van der Waals surface area contributed by atoms with Gasteiger partial charge in [0.2, 0.25) is 5.91 Å². The molecule has 4 aliphatic rings. The number of hydrogen-bond donors (Lipinski definition) is 0. The number of allylic oxidation sites excluding steroid dienone is 3. The molecule has 8 nitrogen and oxygen atoms in total. The van der Waals surface area contributed by atoms with Crippen molar-refractivity contribution in [2.75, 3.05) is 31.2 Å². The van der Waals surface area contributed by atoms with Gasteiger partial charge in [-0.1, -0.05) is 6.08 Å². The van der Waals surface area contributed by atoms with Crippen molar-refractivity contribution in [1.29, 1.82) is 0 Å². The van der Waals surface area contributed by atoms with Crippen molar-refractivity contribution in [3.8, 4) is 0 Å². The lowest BCUT2D eigenvalue weighted by Gasteiger charge is -2.35. The van der Waals surface area contributed by atoms with E-state index in [2.05, 4.69) is 46.5 Å². The number of rotatable bonds is 3. The quantitative estimate of drug-likeness (QED) is 0.722. The van der Waals surface area contributed by atoms with E-state index in [1.165, 1.54) is 22.5 Å². The molecule has 1 unspecified atom stereocenters. The van der Waals surface area contributed by atoms with Crippen molar-refractivity contribution < 1.29 is 9.53 Å². The Hall–Kier alpha value is -2.87. The van der Waals surface area contributed by atoms with Crippen molar-refractivity contribution in [2.24, 2.45) is 7.05 Å². The number of aromatic nitrogens is 4. The van der Waals surface area contributed by atoms with E-state index >= 15 is 0 Å². The fourth-order valence-electron chi connectivity index (χ4n) is 5.61. The van der Waals surface area contributed by atoms with Crippen LogP contribution >= 0.6 is 0 Å². The van der Waals surface area contributed by atoms with Gasteiger partial charge in [0.15, 0.2) is 5.82 Å². The first-order chi connectivity index (χ1) is 16.0. The van der Waals surface area contributed by atoms with E-state index in [0.29, 0.717) is 18.5 Å². The lowest BCUT2D eigenvalue weighted by atomic mass is 9.85. The van der Waals surface area contributed by atoms with Crippen molar-refractivity contribution >= 4 is 11.7 Å². The minimum Gasteiger partial charge on any atom is -0.377 e. The molecule has 8 heteroatoms. The second kappa shape index (κ2) is 7.87. The molecule has 1 amide bonds. The molecule has 2 aromatic heterocycles. The number of carbonyl (C=O) groups is 1. The van der Waals surface area contributed by atoms with Crippen molar-refractivity contribution in [3.63, 3.8) is 0 Å². The Balaban J connectivity index is 1.35. The van der Waals surface area contributed by atoms with Gasteiger partial charge in [0.25, 0.3) is 0 Å². The second-order valence-electron chi connectivity index (χ2n) is 9.81. The number of aryl methyl sites for hydroxylation is 2. The van der Waals surface area contributed by atoms with E-state index in [1.807, 2.05) is 4.90 Å². The summed E-state index contributed by atoms with van der Waals surface area (Å²) in [5.41, 5.74) is 6.44. The average molecular weight is 449 g/mol. The Labute approximate surface area is 194 Å². The fraction of sp³-hybridized carbons (Fsp3) is 0.560. The van der Waals surface area contributed by atoms with E-state index in [-0.39, 0.29) is 5.91 Å². The predicted molar refractivity (Wildman–Crippen MR) is 125 cm³/mol. The summed E-state index contributed by atoms with van der Waals surface area (Å²) >= 11 is 0. The lowest BCUT2D eigenvalue weighted by Crippen LogP contribution is -2.37. The number of fused-ring (bicyclic) bond motifs is 1. The maximum atomic E-state index is 12.2. The van der Waals surface area contributed by atoms with Crippen LogP contribution in [0.4, 0.5) is 5.82 Å². The molecule has 1 atom stereocenters. The molecule has 3 aliphatic heterocycles. The third-order valence-electron chi connectivity index (χ3n) is 7.71. The first-order valence-electron chi connectivity index (χ1n) is 12.1. The SMILES string of the molecule is CC(=O)N1CCc2c(c(N3CCCC4=C3C=CC(c3cn(C)c(C)n3)C4)nn2C2COC2)C1. The van der Waals surface area contributed by atoms with Crippen LogP contribution in [0.5, 0.6) is 0 Å². The van der Waals surface area contributed by atoms with Crippen LogP contribution in [0.25, 0.3) is 0 Å². The summed E-state index contributed by atoms with van der Waals surface area (Å²) in [6.07, 6.45) is 10.9. The molecule has 1 saturated heterocycles. The molecule has 6 rings (SSSR count). The first kappa shape index (κ1) is 20.7. The number of hydrogen-bond acceptors (Lipinski definition) is 5. The number of anilines is 1. The van der Waals surface area contributed by atoms with Gasteiger partial charge in [0.1, 0.15) is 5.82 Å². The number of carbonyl (C=O) groups excluding carboxylic acids is 1. The highest BCUT2D eigenvalue weighted by atomic mass is 16.5. The second-order valence-corrected chi connectivity index (χ2v) is 9.81. The van der Waals surface area contributed by atoms with Crippen LogP contribution in [-0.4, -0.2) is 56.4 Å². The molecule has 174 valence electrons. The summed E-state index contributed by atoms with van der Waals surface area (Å²) in [6.45, 7) is 7.54. The monoisotopic (exact) mass is 448 g/mol. The standard InChI is InChI=1S/C25H32N6O2/c1-16-26-22(13-28(16)3)18-6-7-23-19(11-18)5-4-9-30(23)25-21-12-29(17(2)32)10-8-24(21)31(27-25)20-14-33-15-20/h6-7,13,18,20H,4-5,8-12,14-15H2,1-3H3. The molecule has 1 fully saturated rings. The summed E-state index contributed by atoms with van der Waals surface area (Å²) in [4.78, 5) is 21.3. The zero-order valence-corrected chi connectivity index (χ0v) is 19.8. The molecule has 0 spiro atoms. The van der Waals surface area contributed by atoms with Gasteiger partial charge in [-0.3, -0.25) is 9.48 Å². The third kappa shape index (κ3) is 3.42. The van der Waals surface area contributed by atoms with E-state index in [0.717, 1.165) is 69.3 Å².